The Morgan fingerprint density at radius 2 is 2.56 bits per heavy atom. The van der Waals surface area contributed by atoms with E-state index in [1.165, 1.54) is 6.42 Å². The van der Waals surface area contributed by atoms with Crippen LogP contribution in [0.2, 0.25) is 0 Å². The molecule has 50 valence electrons. The average Bonchev–Trinajstić information content (AvgIpc) is 1.91. The lowest BCUT2D eigenvalue weighted by Crippen LogP contribution is -2.18. The van der Waals surface area contributed by atoms with E-state index in [1.54, 1.807) is 0 Å². The molecule has 1 heterocycles. The molecule has 2 nitrogen and oxygen atoms in total. The van der Waals surface area contributed by atoms with Gasteiger partial charge in [-0.1, -0.05) is 0 Å². The van der Waals surface area contributed by atoms with E-state index in [0.29, 0.717) is 12.5 Å². The maximum Gasteiger partial charge on any atom is 0.219 e. The molecule has 1 aliphatic heterocycles. The molecule has 2 heteroatoms. The van der Waals surface area contributed by atoms with Gasteiger partial charge in [0, 0.05) is 6.61 Å². The Morgan fingerprint density at radius 1 is 1.67 bits per heavy atom. The second kappa shape index (κ2) is 3.47. The van der Waals surface area contributed by atoms with Gasteiger partial charge in [-0.3, -0.25) is 0 Å². The Kier molecular flexibility index (Phi) is 2.53. The summed E-state index contributed by atoms with van der Waals surface area (Å²) >= 11 is 0. The smallest absolute Gasteiger partial charge is 0.219 e. The first kappa shape index (κ1) is 6.57. The molecule has 0 bridgehead atoms. The van der Waals surface area contributed by atoms with Crippen molar-refractivity contribution < 1.29 is 4.74 Å². The summed E-state index contributed by atoms with van der Waals surface area (Å²) in [5.41, 5.74) is 0. The highest BCUT2D eigenvalue weighted by Gasteiger charge is 2.15. The van der Waals surface area contributed by atoms with Crippen LogP contribution in [-0.4, -0.2) is 19.8 Å². The van der Waals surface area contributed by atoms with Crippen molar-refractivity contribution in [2.45, 2.75) is 12.8 Å². The number of ether oxygens (including phenoxy) is 1. The zero-order valence-electron chi connectivity index (χ0n) is 5.47. The fraction of sp³-hybridized carbons (Fsp3) is 0.857. The van der Waals surface area contributed by atoms with Crippen molar-refractivity contribution in [2.75, 3.05) is 19.8 Å². The van der Waals surface area contributed by atoms with E-state index >= 15 is 0 Å². The summed E-state index contributed by atoms with van der Waals surface area (Å²) in [5, 5.41) is 0. The summed E-state index contributed by atoms with van der Waals surface area (Å²) in [6, 6.07) is 0. The third kappa shape index (κ3) is 2.03. The van der Waals surface area contributed by atoms with Crippen molar-refractivity contribution in [1.82, 2.24) is 0 Å². The van der Waals surface area contributed by atoms with Crippen LogP contribution in [0, 0.1) is 12.5 Å². The molecule has 0 aliphatic carbocycles. The van der Waals surface area contributed by atoms with E-state index in [2.05, 4.69) is 4.85 Å². The quantitative estimate of drug-likeness (QED) is 0.482. The highest BCUT2D eigenvalue weighted by atomic mass is 16.5. The van der Waals surface area contributed by atoms with Gasteiger partial charge >= 0.3 is 0 Å². The maximum absolute atomic E-state index is 6.61. The maximum atomic E-state index is 6.61. The van der Waals surface area contributed by atoms with Crippen LogP contribution in [0.15, 0.2) is 0 Å². The van der Waals surface area contributed by atoms with E-state index in [9.17, 15) is 0 Å². The lowest BCUT2D eigenvalue weighted by atomic mass is 10.0. The van der Waals surface area contributed by atoms with E-state index < -0.39 is 0 Å². The Morgan fingerprint density at radius 3 is 3.11 bits per heavy atom. The summed E-state index contributed by atoms with van der Waals surface area (Å²) < 4.78 is 5.19. The first-order chi connectivity index (χ1) is 4.43. The van der Waals surface area contributed by atoms with Crippen LogP contribution in [0.3, 0.4) is 0 Å². The van der Waals surface area contributed by atoms with Gasteiger partial charge in [-0.25, -0.2) is 6.57 Å². The summed E-state index contributed by atoms with van der Waals surface area (Å²) in [6.45, 7) is 8.97. The van der Waals surface area contributed by atoms with Gasteiger partial charge < -0.3 is 9.58 Å². The average molecular weight is 125 g/mol. The SMILES string of the molecule is [C-]#[N+]CC1CCCOC1. The minimum absolute atomic E-state index is 0.524. The number of rotatable bonds is 1. The first-order valence-electron chi connectivity index (χ1n) is 3.34. The summed E-state index contributed by atoms with van der Waals surface area (Å²) in [7, 11) is 0. The molecule has 0 N–H and O–H groups in total. The number of hydrogen-bond donors (Lipinski definition) is 0. The van der Waals surface area contributed by atoms with Crippen molar-refractivity contribution >= 4 is 0 Å². The van der Waals surface area contributed by atoms with Crippen LogP contribution < -0.4 is 0 Å². The van der Waals surface area contributed by atoms with Crippen molar-refractivity contribution in [2.24, 2.45) is 5.92 Å². The molecule has 0 aromatic rings. The van der Waals surface area contributed by atoms with E-state index in [4.69, 9.17) is 11.3 Å². The number of nitrogens with zero attached hydrogens (tertiary/aromatic N) is 1. The van der Waals surface area contributed by atoms with Crippen LogP contribution in [0.25, 0.3) is 4.85 Å². The topological polar surface area (TPSA) is 13.6 Å². The normalized spacial score (nSPS) is 27.2. The Labute approximate surface area is 55.6 Å². The zero-order valence-corrected chi connectivity index (χ0v) is 5.47. The minimum Gasteiger partial charge on any atom is -0.381 e. The summed E-state index contributed by atoms with van der Waals surface area (Å²) in [5.74, 6) is 0.524. The van der Waals surface area contributed by atoms with Crippen molar-refractivity contribution in [3.63, 3.8) is 0 Å². The third-order valence-corrected chi connectivity index (χ3v) is 1.60. The van der Waals surface area contributed by atoms with Gasteiger partial charge in [-0.15, -0.1) is 0 Å². The first-order valence-corrected chi connectivity index (χ1v) is 3.34. The molecule has 0 amide bonds. The largest absolute Gasteiger partial charge is 0.381 e. The molecule has 1 aliphatic rings. The molecule has 0 aromatic carbocycles. The van der Waals surface area contributed by atoms with Gasteiger partial charge in [-0.05, 0) is 12.8 Å². The molecule has 0 spiro atoms. The fourth-order valence-electron chi connectivity index (χ4n) is 1.08. The zero-order chi connectivity index (χ0) is 6.53. The molecule has 0 aromatic heterocycles. The molecule has 1 rings (SSSR count). The van der Waals surface area contributed by atoms with Crippen LogP contribution in [0.5, 0.6) is 0 Å². The van der Waals surface area contributed by atoms with Gasteiger partial charge in [0.15, 0.2) is 0 Å². The standard InChI is InChI=1S/C7H11NO/c1-8-5-7-3-2-4-9-6-7/h7H,2-6H2. The molecule has 1 saturated heterocycles. The van der Waals surface area contributed by atoms with E-state index in [-0.39, 0.29) is 0 Å². The molecule has 1 unspecified atom stereocenters. The highest BCUT2D eigenvalue weighted by Crippen LogP contribution is 2.12. The van der Waals surface area contributed by atoms with Gasteiger partial charge in [0.1, 0.15) is 0 Å². The number of hydrogen-bond acceptors (Lipinski definition) is 1. The molecule has 9 heavy (non-hydrogen) atoms. The van der Waals surface area contributed by atoms with Crippen LogP contribution in [0.1, 0.15) is 12.8 Å². The molecular weight excluding hydrogens is 114 g/mol. The van der Waals surface area contributed by atoms with E-state index in [1.807, 2.05) is 0 Å². The second-order valence-corrected chi connectivity index (χ2v) is 2.42. The molecule has 1 fully saturated rings. The summed E-state index contributed by atoms with van der Waals surface area (Å²) in [4.78, 5) is 3.33. The molecule has 0 saturated carbocycles. The highest BCUT2D eigenvalue weighted by molar-refractivity contribution is 4.71. The van der Waals surface area contributed by atoms with Gasteiger partial charge in [0.05, 0.1) is 12.5 Å². The predicted molar refractivity (Wildman–Crippen MR) is 35.0 cm³/mol. The lowest BCUT2D eigenvalue weighted by Gasteiger charge is -2.16. The fourth-order valence-corrected chi connectivity index (χ4v) is 1.08. The van der Waals surface area contributed by atoms with Crippen molar-refractivity contribution in [3.8, 4) is 0 Å². The summed E-state index contributed by atoms with van der Waals surface area (Å²) in [6.07, 6.45) is 2.32. The third-order valence-electron chi connectivity index (χ3n) is 1.60. The Balaban J connectivity index is 2.17. The molecule has 0 radical (unpaired) electrons. The minimum atomic E-state index is 0.524. The van der Waals surface area contributed by atoms with Crippen LogP contribution in [0.4, 0.5) is 0 Å². The molecule has 1 atom stereocenters. The lowest BCUT2D eigenvalue weighted by molar-refractivity contribution is 0.0606. The van der Waals surface area contributed by atoms with Gasteiger partial charge in [-0.2, -0.15) is 0 Å². The van der Waals surface area contributed by atoms with Crippen LogP contribution >= 0.6 is 0 Å². The van der Waals surface area contributed by atoms with Gasteiger partial charge in [0.25, 0.3) is 0 Å². The predicted octanol–water partition coefficient (Wildman–Crippen LogP) is 1.33. The van der Waals surface area contributed by atoms with Crippen molar-refractivity contribution in [3.05, 3.63) is 11.4 Å². The van der Waals surface area contributed by atoms with E-state index in [0.717, 1.165) is 19.6 Å². The monoisotopic (exact) mass is 125 g/mol. The molecular formula is C7H11NO. The van der Waals surface area contributed by atoms with Crippen molar-refractivity contribution in [1.29, 1.82) is 0 Å². The van der Waals surface area contributed by atoms with Gasteiger partial charge in [0.2, 0.25) is 6.54 Å². The van der Waals surface area contributed by atoms with Crippen LogP contribution in [-0.2, 0) is 4.74 Å². The second-order valence-electron chi connectivity index (χ2n) is 2.42. The Hall–Kier alpha value is -0.550. The Bertz CT molecular complexity index is 111.